The van der Waals surface area contributed by atoms with Crippen LogP contribution in [-0.2, 0) is 9.53 Å². The maximum Gasteiger partial charge on any atom is 0.267 e. The number of ether oxygens (including phenoxy) is 1. The first-order valence-corrected chi connectivity index (χ1v) is 12.7. The maximum atomic E-state index is 14.3. The normalized spacial score (nSPS) is 17.6. The van der Waals surface area contributed by atoms with Gasteiger partial charge in [-0.3, -0.25) is 18.9 Å². The minimum absolute atomic E-state index is 0.255. The number of carbonyl (C=O) groups excluding carboxylic acids is 1. The summed E-state index contributed by atoms with van der Waals surface area (Å²) < 4.78 is 21.3. The van der Waals surface area contributed by atoms with Crippen LogP contribution in [0.4, 0.5) is 15.9 Å². The van der Waals surface area contributed by atoms with E-state index in [-0.39, 0.29) is 17.3 Å². The molecule has 11 heteroatoms. The SMILES string of the molecule is COCCN1C(=O)/C(=C\c2c(N3CCN(c4ccccc4F)CC3)nc3ccccn3c2=O)SC1=S. The van der Waals surface area contributed by atoms with Gasteiger partial charge in [-0.2, -0.15) is 0 Å². The number of thioether (sulfide) groups is 1. The summed E-state index contributed by atoms with van der Waals surface area (Å²) in [4.78, 5) is 37.2. The highest BCUT2D eigenvalue weighted by Crippen LogP contribution is 2.33. The van der Waals surface area contributed by atoms with Crippen molar-refractivity contribution in [3.63, 3.8) is 0 Å². The highest BCUT2D eigenvalue weighted by atomic mass is 32.2. The van der Waals surface area contributed by atoms with Gasteiger partial charge >= 0.3 is 0 Å². The van der Waals surface area contributed by atoms with Crippen LogP contribution >= 0.6 is 24.0 Å². The van der Waals surface area contributed by atoms with Crippen LogP contribution < -0.4 is 15.4 Å². The molecule has 2 aliphatic heterocycles. The van der Waals surface area contributed by atoms with Gasteiger partial charge in [0.1, 0.15) is 21.6 Å². The zero-order valence-electron chi connectivity index (χ0n) is 19.6. The van der Waals surface area contributed by atoms with Crippen molar-refractivity contribution in [2.75, 3.05) is 56.2 Å². The van der Waals surface area contributed by atoms with Crippen molar-refractivity contribution in [2.45, 2.75) is 0 Å². The summed E-state index contributed by atoms with van der Waals surface area (Å²) in [5.74, 6) is -0.0133. The Hall–Kier alpha value is -3.28. The quantitative estimate of drug-likeness (QED) is 0.360. The number of carbonyl (C=O) groups is 1. The first-order chi connectivity index (χ1) is 17.5. The van der Waals surface area contributed by atoms with E-state index in [2.05, 4.69) is 0 Å². The van der Waals surface area contributed by atoms with E-state index >= 15 is 0 Å². The summed E-state index contributed by atoms with van der Waals surface area (Å²) >= 11 is 6.55. The average Bonchev–Trinajstić information content (AvgIpc) is 3.16. The first kappa shape index (κ1) is 24.4. The second-order valence-corrected chi connectivity index (χ2v) is 10.0. The highest BCUT2D eigenvalue weighted by molar-refractivity contribution is 8.26. The van der Waals surface area contributed by atoms with E-state index < -0.39 is 0 Å². The molecule has 4 heterocycles. The minimum Gasteiger partial charge on any atom is -0.383 e. The number of fused-ring (bicyclic) bond motifs is 1. The molecule has 36 heavy (non-hydrogen) atoms. The highest BCUT2D eigenvalue weighted by Gasteiger charge is 2.33. The standard InChI is InChI=1S/C25H24FN5O3S2/c1-34-15-14-31-24(33)20(36-25(31)35)16-17-22(27-21-8-4-5-9-30(21)23(17)32)29-12-10-28(11-13-29)19-7-3-2-6-18(19)26/h2-9,16H,10-15H2,1H3/b20-16+. The van der Waals surface area contributed by atoms with E-state index in [9.17, 15) is 14.0 Å². The number of anilines is 2. The van der Waals surface area contributed by atoms with E-state index in [1.807, 2.05) is 21.9 Å². The lowest BCUT2D eigenvalue weighted by atomic mass is 10.2. The molecule has 0 atom stereocenters. The van der Waals surface area contributed by atoms with Crippen molar-refractivity contribution >= 4 is 57.4 Å². The largest absolute Gasteiger partial charge is 0.383 e. The molecule has 1 amide bonds. The molecule has 0 unspecified atom stereocenters. The fourth-order valence-corrected chi connectivity index (χ4v) is 5.62. The number of hydrogen-bond acceptors (Lipinski definition) is 8. The molecule has 186 valence electrons. The molecule has 0 bridgehead atoms. The van der Waals surface area contributed by atoms with Crippen LogP contribution in [0.1, 0.15) is 5.56 Å². The first-order valence-electron chi connectivity index (χ1n) is 11.5. The van der Waals surface area contributed by atoms with E-state index in [1.165, 1.54) is 15.4 Å². The Morgan fingerprint density at radius 2 is 1.81 bits per heavy atom. The van der Waals surface area contributed by atoms with E-state index in [4.69, 9.17) is 21.9 Å². The van der Waals surface area contributed by atoms with E-state index in [0.29, 0.717) is 71.3 Å². The van der Waals surface area contributed by atoms with Gasteiger partial charge in [-0.25, -0.2) is 9.37 Å². The van der Waals surface area contributed by atoms with E-state index in [0.717, 1.165) is 11.8 Å². The lowest BCUT2D eigenvalue weighted by molar-refractivity contribution is -0.122. The molecule has 8 nitrogen and oxygen atoms in total. The van der Waals surface area contributed by atoms with Crippen LogP contribution in [0.15, 0.2) is 58.4 Å². The number of para-hydroxylation sites is 1. The predicted molar refractivity (Wildman–Crippen MR) is 144 cm³/mol. The number of methoxy groups -OCH3 is 1. The molecule has 0 radical (unpaired) electrons. The average molecular weight is 526 g/mol. The summed E-state index contributed by atoms with van der Waals surface area (Å²) in [6.45, 7) is 2.92. The lowest BCUT2D eigenvalue weighted by Gasteiger charge is -2.37. The fourth-order valence-electron chi connectivity index (χ4n) is 4.33. The second-order valence-electron chi connectivity index (χ2n) is 8.33. The molecule has 0 saturated carbocycles. The van der Waals surface area contributed by atoms with Gasteiger partial charge in [-0.15, -0.1) is 0 Å². The van der Waals surface area contributed by atoms with Gasteiger partial charge in [0, 0.05) is 39.5 Å². The van der Waals surface area contributed by atoms with Crippen molar-refractivity contribution in [3.05, 3.63) is 75.3 Å². The summed E-state index contributed by atoms with van der Waals surface area (Å²) in [6.07, 6.45) is 3.26. The third-order valence-electron chi connectivity index (χ3n) is 6.19. The number of nitrogens with zero attached hydrogens (tertiary/aromatic N) is 5. The fraction of sp³-hybridized carbons (Fsp3) is 0.280. The van der Waals surface area contributed by atoms with Gasteiger partial charge in [0.2, 0.25) is 0 Å². The Bertz CT molecular complexity index is 1420. The molecule has 0 aliphatic carbocycles. The van der Waals surface area contributed by atoms with Gasteiger partial charge in [0.25, 0.3) is 11.5 Å². The van der Waals surface area contributed by atoms with Gasteiger partial charge < -0.3 is 14.5 Å². The number of piperazine rings is 1. The van der Waals surface area contributed by atoms with Gasteiger partial charge in [-0.05, 0) is 30.3 Å². The van der Waals surface area contributed by atoms with Gasteiger partial charge in [0.05, 0.1) is 29.3 Å². The molecule has 0 N–H and O–H groups in total. The lowest BCUT2D eigenvalue weighted by Crippen LogP contribution is -2.47. The minimum atomic E-state index is -0.269. The number of hydrogen-bond donors (Lipinski definition) is 0. The Labute approximate surface area is 217 Å². The number of pyridine rings is 1. The maximum absolute atomic E-state index is 14.3. The molecule has 2 aromatic heterocycles. The van der Waals surface area contributed by atoms with Crippen molar-refractivity contribution in [3.8, 4) is 0 Å². The molecular weight excluding hydrogens is 501 g/mol. The third-order valence-corrected chi connectivity index (χ3v) is 7.57. The van der Waals surface area contributed by atoms with Crippen molar-refractivity contribution in [1.82, 2.24) is 14.3 Å². The monoisotopic (exact) mass is 525 g/mol. The molecule has 3 aromatic rings. The number of amides is 1. The molecule has 0 spiro atoms. The molecule has 2 aliphatic rings. The zero-order chi connectivity index (χ0) is 25.2. The number of halogens is 1. The van der Waals surface area contributed by atoms with Crippen LogP contribution in [0, 0.1) is 5.82 Å². The number of rotatable bonds is 6. The second kappa shape index (κ2) is 10.4. The summed E-state index contributed by atoms with van der Waals surface area (Å²) in [6, 6.07) is 12.1. The smallest absolute Gasteiger partial charge is 0.267 e. The van der Waals surface area contributed by atoms with Crippen molar-refractivity contribution in [2.24, 2.45) is 0 Å². The predicted octanol–water partition coefficient (Wildman–Crippen LogP) is 3.01. The zero-order valence-corrected chi connectivity index (χ0v) is 21.2. The number of aromatic nitrogens is 2. The van der Waals surface area contributed by atoms with Gasteiger partial charge in [-0.1, -0.05) is 42.2 Å². The van der Waals surface area contributed by atoms with Crippen LogP contribution in [0.3, 0.4) is 0 Å². The number of benzene rings is 1. The Balaban J connectivity index is 1.50. The van der Waals surface area contributed by atoms with Crippen LogP contribution in [-0.4, -0.2) is 71.0 Å². The van der Waals surface area contributed by atoms with Crippen LogP contribution in [0.25, 0.3) is 11.7 Å². The van der Waals surface area contributed by atoms with Crippen LogP contribution in [0.2, 0.25) is 0 Å². The Morgan fingerprint density at radius 1 is 1.08 bits per heavy atom. The van der Waals surface area contributed by atoms with Crippen molar-refractivity contribution in [1.29, 1.82) is 0 Å². The number of thiocarbonyl (C=S) groups is 1. The molecule has 5 rings (SSSR count). The van der Waals surface area contributed by atoms with Crippen LogP contribution in [0.5, 0.6) is 0 Å². The topological polar surface area (TPSA) is 70.4 Å². The summed E-state index contributed by atoms with van der Waals surface area (Å²) in [5.41, 5.74) is 1.13. The summed E-state index contributed by atoms with van der Waals surface area (Å²) in [7, 11) is 1.56. The molecule has 2 saturated heterocycles. The Kier molecular flexibility index (Phi) is 7.04. The summed E-state index contributed by atoms with van der Waals surface area (Å²) in [5, 5.41) is 0. The molecule has 2 fully saturated rings. The third kappa shape index (κ3) is 4.61. The molecular formula is C25H24FN5O3S2. The molecule has 1 aromatic carbocycles. The van der Waals surface area contributed by atoms with Crippen molar-refractivity contribution < 1.29 is 13.9 Å². The Morgan fingerprint density at radius 3 is 2.56 bits per heavy atom. The van der Waals surface area contributed by atoms with E-state index in [1.54, 1.807) is 43.6 Å². The van der Waals surface area contributed by atoms with Gasteiger partial charge in [0.15, 0.2) is 0 Å².